The SMILES string of the molecule is CC1(C)c2ccccc2-c2ccc(N(c3ccc(-c4ccccc4)cc3)c3cc4ccccc4c4c3-c3ccc(-c5ccccc5)cc3C4(C)C)cc21. The van der Waals surface area contributed by atoms with Crippen molar-refractivity contribution in [3.8, 4) is 44.5 Å². The second-order valence-corrected chi connectivity index (χ2v) is 15.8. The molecule has 1 heteroatoms. The molecule has 0 atom stereocenters. The van der Waals surface area contributed by atoms with Gasteiger partial charge in [-0.25, -0.2) is 0 Å². The fourth-order valence-corrected chi connectivity index (χ4v) is 9.35. The Hall–Kier alpha value is -6.18. The van der Waals surface area contributed by atoms with Crippen LogP contribution in [0.2, 0.25) is 0 Å². The third kappa shape index (κ3) is 4.77. The Bertz CT molecular complexity index is 2700. The summed E-state index contributed by atoms with van der Waals surface area (Å²) < 4.78 is 0. The molecular weight excluding hydrogens is 639 g/mol. The van der Waals surface area contributed by atoms with Gasteiger partial charge < -0.3 is 4.90 Å². The van der Waals surface area contributed by atoms with E-state index < -0.39 is 0 Å². The topological polar surface area (TPSA) is 3.24 Å². The van der Waals surface area contributed by atoms with Crippen molar-refractivity contribution in [2.24, 2.45) is 0 Å². The van der Waals surface area contributed by atoms with E-state index in [1.54, 1.807) is 0 Å². The van der Waals surface area contributed by atoms with Crippen molar-refractivity contribution in [2.75, 3.05) is 4.90 Å². The van der Waals surface area contributed by atoms with Gasteiger partial charge in [-0.05, 0) is 108 Å². The molecule has 0 saturated heterocycles. The van der Waals surface area contributed by atoms with Crippen LogP contribution < -0.4 is 4.90 Å². The van der Waals surface area contributed by atoms with Crippen molar-refractivity contribution in [3.63, 3.8) is 0 Å². The molecule has 0 unspecified atom stereocenters. The van der Waals surface area contributed by atoms with Crippen molar-refractivity contribution in [1.29, 1.82) is 0 Å². The van der Waals surface area contributed by atoms with Gasteiger partial charge in [0.15, 0.2) is 0 Å². The minimum Gasteiger partial charge on any atom is -0.310 e. The first-order valence-electron chi connectivity index (χ1n) is 18.8. The first kappa shape index (κ1) is 31.5. The summed E-state index contributed by atoms with van der Waals surface area (Å²) in [7, 11) is 0. The minimum atomic E-state index is -0.213. The number of nitrogens with zero attached hydrogens (tertiary/aromatic N) is 1. The highest BCUT2D eigenvalue weighted by Gasteiger charge is 2.41. The minimum absolute atomic E-state index is 0.113. The number of benzene rings is 8. The van der Waals surface area contributed by atoms with E-state index in [1.807, 2.05) is 0 Å². The van der Waals surface area contributed by atoms with Gasteiger partial charge in [0.05, 0.1) is 5.69 Å². The standard InChI is InChI=1S/C52H41N/c1-51(2)45-22-14-13-21-42(45)43-30-28-40(33-47(43)51)53(39-26-23-36(24-27-39)34-15-7-5-8-16-34)48-32-38-19-11-12-20-41(38)50-49(48)44-29-25-37(31-46(44)52(50,3)4)35-17-9-6-10-18-35/h5-33H,1-4H3. The lowest BCUT2D eigenvalue weighted by atomic mass is 9.79. The third-order valence-electron chi connectivity index (χ3n) is 12.0. The zero-order valence-corrected chi connectivity index (χ0v) is 30.7. The largest absolute Gasteiger partial charge is 0.310 e. The Labute approximate surface area is 312 Å². The zero-order valence-electron chi connectivity index (χ0n) is 30.7. The molecule has 0 spiro atoms. The third-order valence-corrected chi connectivity index (χ3v) is 12.0. The molecule has 0 aromatic heterocycles. The fourth-order valence-electron chi connectivity index (χ4n) is 9.35. The summed E-state index contributed by atoms with van der Waals surface area (Å²) in [6.45, 7) is 9.57. The van der Waals surface area contributed by atoms with E-state index in [1.165, 1.54) is 88.9 Å². The maximum absolute atomic E-state index is 2.52. The molecule has 8 aromatic carbocycles. The average molecular weight is 680 g/mol. The van der Waals surface area contributed by atoms with Crippen molar-refractivity contribution < 1.29 is 0 Å². The maximum atomic E-state index is 2.52. The smallest absolute Gasteiger partial charge is 0.0549 e. The van der Waals surface area contributed by atoms with Crippen LogP contribution in [-0.4, -0.2) is 0 Å². The van der Waals surface area contributed by atoms with Gasteiger partial charge in [0, 0.05) is 27.8 Å². The molecule has 0 amide bonds. The molecule has 0 radical (unpaired) electrons. The first-order chi connectivity index (χ1) is 25.8. The summed E-state index contributed by atoms with van der Waals surface area (Å²) >= 11 is 0. The summed E-state index contributed by atoms with van der Waals surface area (Å²) in [5.74, 6) is 0. The van der Waals surface area contributed by atoms with E-state index in [2.05, 4.69) is 209 Å². The fraction of sp³-hybridized carbons (Fsp3) is 0.115. The van der Waals surface area contributed by atoms with E-state index in [4.69, 9.17) is 0 Å². The molecule has 1 nitrogen and oxygen atoms in total. The number of hydrogen-bond donors (Lipinski definition) is 0. The monoisotopic (exact) mass is 679 g/mol. The highest BCUT2D eigenvalue weighted by Crippen LogP contribution is 2.58. The number of fused-ring (bicyclic) bond motifs is 8. The van der Waals surface area contributed by atoms with Crippen molar-refractivity contribution in [3.05, 3.63) is 198 Å². The van der Waals surface area contributed by atoms with Crippen LogP contribution in [0, 0.1) is 0 Å². The maximum Gasteiger partial charge on any atom is 0.0549 e. The molecule has 8 aromatic rings. The highest BCUT2D eigenvalue weighted by molar-refractivity contribution is 6.06. The Morgan fingerprint density at radius 1 is 0.377 bits per heavy atom. The van der Waals surface area contributed by atoms with Gasteiger partial charge in [-0.1, -0.05) is 167 Å². The molecule has 2 aliphatic carbocycles. The molecule has 0 saturated carbocycles. The van der Waals surface area contributed by atoms with E-state index in [0.29, 0.717) is 0 Å². The van der Waals surface area contributed by atoms with Crippen LogP contribution in [0.5, 0.6) is 0 Å². The molecule has 0 N–H and O–H groups in total. The predicted molar refractivity (Wildman–Crippen MR) is 225 cm³/mol. The quantitative estimate of drug-likeness (QED) is 0.175. The Kier molecular flexibility index (Phi) is 6.94. The van der Waals surface area contributed by atoms with Gasteiger partial charge in [0.25, 0.3) is 0 Å². The van der Waals surface area contributed by atoms with Crippen molar-refractivity contribution in [1.82, 2.24) is 0 Å². The van der Waals surface area contributed by atoms with Crippen LogP contribution in [0.15, 0.2) is 176 Å². The molecule has 0 fully saturated rings. The first-order valence-corrected chi connectivity index (χ1v) is 18.8. The second kappa shape index (κ2) is 11.7. The Morgan fingerprint density at radius 3 is 1.68 bits per heavy atom. The second-order valence-electron chi connectivity index (χ2n) is 15.8. The van der Waals surface area contributed by atoms with Gasteiger partial charge in [-0.15, -0.1) is 0 Å². The zero-order chi connectivity index (χ0) is 35.9. The number of anilines is 3. The summed E-state index contributed by atoms with van der Waals surface area (Å²) in [6.07, 6.45) is 0. The summed E-state index contributed by atoms with van der Waals surface area (Å²) in [4.78, 5) is 2.52. The summed E-state index contributed by atoms with van der Waals surface area (Å²) in [5.41, 5.74) is 18.9. The van der Waals surface area contributed by atoms with E-state index in [9.17, 15) is 0 Å². The number of rotatable bonds is 5. The van der Waals surface area contributed by atoms with E-state index in [-0.39, 0.29) is 10.8 Å². The normalized spacial score (nSPS) is 14.3. The van der Waals surface area contributed by atoms with Gasteiger partial charge in [-0.2, -0.15) is 0 Å². The van der Waals surface area contributed by atoms with E-state index >= 15 is 0 Å². The summed E-state index contributed by atoms with van der Waals surface area (Å²) in [6, 6.07) is 65.2. The van der Waals surface area contributed by atoms with Gasteiger partial charge in [-0.3, -0.25) is 0 Å². The molecular formula is C52H41N. The Balaban J connectivity index is 1.24. The van der Waals surface area contributed by atoms with Crippen molar-refractivity contribution >= 4 is 27.8 Å². The molecule has 254 valence electrons. The predicted octanol–water partition coefficient (Wildman–Crippen LogP) is 14.3. The van der Waals surface area contributed by atoms with Gasteiger partial charge >= 0.3 is 0 Å². The number of hydrogen-bond acceptors (Lipinski definition) is 1. The van der Waals surface area contributed by atoms with Crippen LogP contribution >= 0.6 is 0 Å². The lowest BCUT2D eigenvalue weighted by Gasteiger charge is -2.31. The summed E-state index contributed by atoms with van der Waals surface area (Å²) in [5, 5.41) is 2.57. The molecule has 0 aliphatic heterocycles. The van der Waals surface area contributed by atoms with Crippen LogP contribution in [-0.2, 0) is 10.8 Å². The van der Waals surface area contributed by atoms with Gasteiger partial charge in [0.2, 0.25) is 0 Å². The van der Waals surface area contributed by atoms with Crippen LogP contribution in [0.25, 0.3) is 55.3 Å². The lowest BCUT2D eigenvalue weighted by molar-refractivity contribution is 0.660. The Morgan fingerprint density at radius 2 is 0.925 bits per heavy atom. The molecule has 0 heterocycles. The molecule has 10 rings (SSSR count). The van der Waals surface area contributed by atoms with Gasteiger partial charge in [0.1, 0.15) is 0 Å². The van der Waals surface area contributed by atoms with Crippen LogP contribution in [0.1, 0.15) is 49.9 Å². The molecule has 2 aliphatic rings. The highest BCUT2D eigenvalue weighted by atomic mass is 15.1. The average Bonchev–Trinajstić information content (AvgIpc) is 3.58. The lowest BCUT2D eigenvalue weighted by Crippen LogP contribution is -2.18. The van der Waals surface area contributed by atoms with E-state index in [0.717, 1.165) is 5.69 Å². The van der Waals surface area contributed by atoms with Crippen molar-refractivity contribution in [2.45, 2.75) is 38.5 Å². The van der Waals surface area contributed by atoms with Crippen LogP contribution in [0.4, 0.5) is 17.1 Å². The van der Waals surface area contributed by atoms with Crippen LogP contribution in [0.3, 0.4) is 0 Å². The molecule has 0 bridgehead atoms. The molecule has 53 heavy (non-hydrogen) atoms.